The highest BCUT2D eigenvalue weighted by atomic mass is 16.5. The van der Waals surface area contributed by atoms with Gasteiger partial charge in [0, 0.05) is 6.04 Å². The third kappa shape index (κ3) is 7.44. The molecule has 4 N–H and O–H groups in total. The van der Waals surface area contributed by atoms with Crippen LogP contribution in [0.5, 0.6) is 5.75 Å². The van der Waals surface area contributed by atoms with E-state index >= 15 is 0 Å². The fraction of sp³-hybridized carbons (Fsp3) is 0.536. The predicted molar refractivity (Wildman–Crippen MR) is 142 cm³/mol. The molecule has 7 nitrogen and oxygen atoms in total. The van der Waals surface area contributed by atoms with Gasteiger partial charge in [0.25, 0.3) is 0 Å². The van der Waals surface area contributed by atoms with Gasteiger partial charge in [-0.2, -0.15) is 0 Å². The quantitative estimate of drug-likeness (QED) is 0.383. The zero-order valence-electron chi connectivity index (χ0n) is 21.8. The van der Waals surface area contributed by atoms with Crippen molar-refractivity contribution in [1.29, 1.82) is 0 Å². The number of carbonyl (C=O) groups is 2. The fourth-order valence-corrected chi connectivity index (χ4v) is 4.18. The minimum Gasteiger partial charge on any atom is -0.492 e. The second-order valence-electron chi connectivity index (χ2n) is 10.1. The summed E-state index contributed by atoms with van der Waals surface area (Å²) >= 11 is 0. The van der Waals surface area contributed by atoms with Crippen LogP contribution in [0.25, 0.3) is 10.9 Å². The summed E-state index contributed by atoms with van der Waals surface area (Å²) in [5.41, 5.74) is 6.42. The number of pyridine rings is 1. The molecule has 1 saturated carbocycles. The Kier molecular flexibility index (Phi) is 10.1. The molecule has 1 aromatic carbocycles. The topological polar surface area (TPSA) is 115 Å². The molecule has 192 valence electrons. The number of carbonyl (C=O) groups excluding carboxylic acids is 1. The number of nitrogens with one attached hydrogen (secondary N) is 1. The SMILES string of the molecule is C=CC(C)CCC.Cc1nc2cccc(OCC(C)(C)C(=O)NC3CCCC3)c2c(N)c1C(=O)O. The first-order valence-corrected chi connectivity index (χ1v) is 12.5. The van der Waals surface area contributed by atoms with Crippen molar-refractivity contribution in [1.82, 2.24) is 10.3 Å². The molecule has 35 heavy (non-hydrogen) atoms. The van der Waals surface area contributed by atoms with Crippen molar-refractivity contribution in [2.75, 3.05) is 12.3 Å². The number of rotatable bonds is 9. The molecule has 1 aliphatic rings. The van der Waals surface area contributed by atoms with E-state index < -0.39 is 11.4 Å². The number of hydrogen-bond acceptors (Lipinski definition) is 5. The molecule has 1 aliphatic carbocycles. The number of nitrogens with two attached hydrogens (primary N) is 1. The Morgan fingerprint density at radius 1 is 1.34 bits per heavy atom. The standard InChI is InChI=1S/C21H27N3O4.C7H14/c1-12-16(19(25)26)18(22)17-14(23-12)9-6-10-15(17)28-11-21(2,3)20(27)24-13-7-4-5-8-13;1-4-6-7(3)5-2/h6,9-10,13H,4-5,7-8,11H2,1-3H3,(H2,22,23)(H,24,27)(H,25,26);5,7H,2,4,6H2,1,3H3. The summed E-state index contributed by atoms with van der Waals surface area (Å²) in [4.78, 5) is 28.6. The summed E-state index contributed by atoms with van der Waals surface area (Å²) in [6.07, 6.45) is 8.89. The smallest absolute Gasteiger partial charge is 0.339 e. The summed E-state index contributed by atoms with van der Waals surface area (Å²) in [5.74, 6) is -0.0416. The van der Waals surface area contributed by atoms with Crippen molar-refractivity contribution in [2.45, 2.75) is 79.2 Å². The number of amides is 1. The lowest BCUT2D eigenvalue weighted by Crippen LogP contribution is -2.44. The number of carboxylic acid groups (broad SMARTS) is 1. The third-order valence-corrected chi connectivity index (χ3v) is 6.45. The number of aromatic nitrogens is 1. The Balaban J connectivity index is 0.000000540. The lowest BCUT2D eigenvalue weighted by atomic mass is 9.93. The van der Waals surface area contributed by atoms with Crippen molar-refractivity contribution in [3.8, 4) is 5.75 Å². The van der Waals surface area contributed by atoms with Gasteiger partial charge >= 0.3 is 5.97 Å². The van der Waals surface area contributed by atoms with Crippen molar-refractivity contribution in [2.24, 2.45) is 11.3 Å². The highest BCUT2D eigenvalue weighted by molar-refractivity contribution is 6.06. The van der Waals surface area contributed by atoms with Crippen molar-refractivity contribution < 1.29 is 19.4 Å². The molecule has 1 heterocycles. The number of nitrogen functional groups attached to an aromatic ring is 1. The van der Waals surface area contributed by atoms with E-state index in [9.17, 15) is 14.7 Å². The van der Waals surface area contributed by atoms with E-state index in [1.54, 1.807) is 25.1 Å². The minimum absolute atomic E-state index is 0.0261. The number of aromatic carboxylic acids is 1. The summed E-state index contributed by atoms with van der Waals surface area (Å²) in [7, 11) is 0. The number of benzene rings is 1. The van der Waals surface area contributed by atoms with Crippen LogP contribution in [0, 0.1) is 18.3 Å². The Morgan fingerprint density at radius 3 is 2.54 bits per heavy atom. The van der Waals surface area contributed by atoms with Crippen molar-refractivity contribution in [3.05, 3.63) is 42.1 Å². The molecule has 1 aromatic heterocycles. The van der Waals surface area contributed by atoms with Crippen LogP contribution < -0.4 is 15.8 Å². The first-order chi connectivity index (χ1) is 16.5. The maximum absolute atomic E-state index is 12.7. The summed E-state index contributed by atoms with van der Waals surface area (Å²) < 4.78 is 5.95. The highest BCUT2D eigenvalue weighted by Crippen LogP contribution is 2.34. The van der Waals surface area contributed by atoms with Gasteiger partial charge in [-0.3, -0.25) is 9.78 Å². The van der Waals surface area contributed by atoms with E-state index in [2.05, 4.69) is 30.7 Å². The zero-order chi connectivity index (χ0) is 26.2. The molecule has 1 fully saturated rings. The number of nitrogens with zero attached hydrogens (tertiary/aromatic N) is 1. The van der Waals surface area contributed by atoms with Crippen molar-refractivity contribution >= 4 is 28.5 Å². The number of aryl methyl sites for hydroxylation is 1. The Hall–Kier alpha value is -3.09. The van der Waals surface area contributed by atoms with Gasteiger partial charge in [-0.15, -0.1) is 6.58 Å². The minimum atomic E-state index is -1.13. The largest absolute Gasteiger partial charge is 0.492 e. The molecule has 1 unspecified atom stereocenters. The molecule has 7 heteroatoms. The Labute approximate surface area is 209 Å². The third-order valence-electron chi connectivity index (χ3n) is 6.45. The van der Waals surface area contributed by atoms with Gasteiger partial charge in [0.2, 0.25) is 5.91 Å². The molecule has 0 spiro atoms. The predicted octanol–water partition coefficient (Wildman–Crippen LogP) is 5.90. The molecule has 0 radical (unpaired) electrons. The van der Waals surface area contributed by atoms with E-state index in [0.29, 0.717) is 28.3 Å². The van der Waals surface area contributed by atoms with Gasteiger partial charge < -0.3 is 20.9 Å². The number of ether oxygens (including phenoxy) is 1. The summed E-state index contributed by atoms with van der Waals surface area (Å²) in [5, 5.41) is 13.0. The average Bonchev–Trinajstić information content (AvgIpc) is 3.30. The average molecular weight is 484 g/mol. The first-order valence-electron chi connectivity index (χ1n) is 12.5. The van der Waals surface area contributed by atoms with Crippen LogP contribution in [0.1, 0.15) is 82.3 Å². The Morgan fingerprint density at radius 2 is 2.00 bits per heavy atom. The lowest BCUT2D eigenvalue weighted by Gasteiger charge is -2.26. The second-order valence-corrected chi connectivity index (χ2v) is 10.1. The maximum Gasteiger partial charge on any atom is 0.339 e. The number of allylic oxidation sites excluding steroid dienone is 1. The monoisotopic (exact) mass is 483 g/mol. The maximum atomic E-state index is 12.7. The first kappa shape index (κ1) is 28.1. The van der Waals surface area contributed by atoms with Crippen LogP contribution in [0.2, 0.25) is 0 Å². The van der Waals surface area contributed by atoms with Crippen LogP contribution in [-0.2, 0) is 4.79 Å². The van der Waals surface area contributed by atoms with E-state index in [1.807, 2.05) is 19.9 Å². The molecule has 0 bridgehead atoms. The molecule has 3 rings (SSSR count). The van der Waals surface area contributed by atoms with Crippen LogP contribution in [-0.4, -0.2) is 34.6 Å². The summed E-state index contributed by atoms with van der Waals surface area (Å²) in [6.45, 7) is 13.5. The number of carboxylic acids is 1. The molecular formula is C28H41N3O4. The number of anilines is 1. The van der Waals surface area contributed by atoms with Crippen LogP contribution in [0.3, 0.4) is 0 Å². The number of hydrogen-bond donors (Lipinski definition) is 3. The molecule has 1 atom stereocenters. The van der Waals surface area contributed by atoms with Gasteiger partial charge in [0.15, 0.2) is 0 Å². The van der Waals surface area contributed by atoms with E-state index in [4.69, 9.17) is 10.5 Å². The van der Waals surface area contributed by atoms with Gasteiger partial charge in [0.05, 0.1) is 27.7 Å². The zero-order valence-corrected chi connectivity index (χ0v) is 21.8. The normalized spacial score (nSPS) is 14.7. The van der Waals surface area contributed by atoms with Gasteiger partial charge in [-0.1, -0.05) is 45.3 Å². The molecule has 2 aromatic rings. The van der Waals surface area contributed by atoms with E-state index in [-0.39, 0.29) is 29.8 Å². The molecule has 1 amide bonds. The van der Waals surface area contributed by atoms with Gasteiger partial charge in [-0.25, -0.2) is 4.79 Å². The lowest BCUT2D eigenvalue weighted by molar-refractivity contribution is -0.131. The van der Waals surface area contributed by atoms with E-state index in [1.165, 1.54) is 12.8 Å². The molecule has 0 saturated heterocycles. The molecule has 0 aliphatic heterocycles. The van der Waals surface area contributed by atoms with Crippen molar-refractivity contribution in [3.63, 3.8) is 0 Å². The second kappa shape index (κ2) is 12.6. The fourth-order valence-electron chi connectivity index (χ4n) is 4.18. The molecular weight excluding hydrogens is 442 g/mol. The number of fused-ring (bicyclic) bond motifs is 1. The van der Waals surface area contributed by atoms with Crippen LogP contribution >= 0.6 is 0 Å². The van der Waals surface area contributed by atoms with Gasteiger partial charge in [-0.05, 0) is 58.1 Å². The summed E-state index contributed by atoms with van der Waals surface area (Å²) in [6, 6.07) is 5.49. The van der Waals surface area contributed by atoms with E-state index in [0.717, 1.165) is 25.7 Å². The van der Waals surface area contributed by atoms with Crippen LogP contribution in [0.15, 0.2) is 30.9 Å². The van der Waals surface area contributed by atoms with Gasteiger partial charge in [0.1, 0.15) is 17.9 Å². The highest BCUT2D eigenvalue weighted by Gasteiger charge is 2.31. The Bertz CT molecular complexity index is 1040. The van der Waals surface area contributed by atoms with Crippen LogP contribution in [0.4, 0.5) is 5.69 Å².